The van der Waals surface area contributed by atoms with Gasteiger partial charge in [0.2, 0.25) is 0 Å². The first-order chi connectivity index (χ1) is 7.55. The molecule has 0 aromatic heterocycles. The Labute approximate surface area is 99.5 Å². The monoisotopic (exact) mass is 233 g/mol. The average molecular weight is 233 g/mol. The van der Waals surface area contributed by atoms with Crippen molar-refractivity contribution < 1.29 is 14.6 Å². The molecule has 0 aliphatic carbocycles. The van der Waals surface area contributed by atoms with Gasteiger partial charge in [0, 0.05) is 52.5 Å². The first-order valence-corrected chi connectivity index (χ1v) is 5.87. The zero-order valence-corrected chi connectivity index (χ0v) is 11.2. The predicted octanol–water partition coefficient (Wildman–Crippen LogP) is 0.990. The summed E-state index contributed by atoms with van der Waals surface area (Å²) in [5.41, 5.74) is -0.0547. The molecule has 98 valence electrons. The van der Waals surface area contributed by atoms with Crippen LogP contribution in [-0.4, -0.2) is 63.7 Å². The highest BCUT2D eigenvalue weighted by Gasteiger charge is 2.20. The maximum Gasteiger partial charge on any atom is 0.0589 e. The highest BCUT2D eigenvalue weighted by Crippen LogP contribution is 2.15. The highest BCUT2D eigenvalue weighted by atomic mass is 16.5. The highest BCUT2D eigenvalue weighted by molar-refractivity contribution is 4.73. The van der Waals surface area contributed by atoms with E-state index in [1.807, 2.05) is 0 Å². The number of rotatable bonds is 10. The van der Waals surface area contributed by atoms with E-state index in [0.717, 1.165) is 39.3 Å². The SMILES string of the molecule is COCCCN(CCOC)CC(C)(C)CO. The van der Waals surface area contributed by atoms with E-state index in [1.165, 1.54) is 0 Å². The summed E-state index contributed by atoms with van der Waals surface area (Å²) in [7, 11) is 3.43. The van der Waals surface area contributed by atoms with Crippen LogP contribution in [0, 0.1) is 5.41 Å². The van der Waals surface area contributed by atoms with Gasteiger partial charge in [-0.05, 0) is 6.42 Å². The fourth-order valence-electron chi connectivity index (χ4n) is 1.58. The molecule has 0 saturated heterocycles. The van der Waals surface area contributed by atoms with Crippen LogP contribution < -0.4 is 0 Å². The molecular weight excluding hydrogens is 206 g/mol. The molecule has 4 heteroatoms. The molecule has 0 heterocycles. The normalized spacial score (nSPS) is 12.4. The first kappa shape index (κ1) is 15.8. The molecule has 0 aromatic carbocycles. The second-order valence-corrected chi connectivity index (χ2v) is 4.94. The second-order valence-electron chi connectivity index (χ2n) is 4.94. The molecule has 0 radical (unpaired) electrons. The van der Waals surface area contributed by atoms with Gasteiger partial charge in [-0.25, -0.2) is 0 Å². The molecular formula is C12H27NO3. The molecule has 0 rings (SSSR count). The van der Waals surface area contributed by atoms with Gasteiger partial charge in [-0.1, -0.05) is 13.8 Å². The minimum absolute atomic E-state index is 0.0547. The Kier molecular flexibility index (Phi) is 8.84. The van der Waals surface area contributed by atoms with E-state index in [1.54, 1.807) is 14.2 Å². The van der Waals surface area contributed by atoms with Crippen LogP contribution >= 0.6 is 0 Å². The Hall–Kier alpha value is -0.160. The summed E-state index contributed by atoms with van der Waals surface area (Å²) in [6, 6.07) is 0. The van der Waals surface area contributed by atoms with Gasteiger partial charge in [-0.2, -0.15) is 0 Å². The van der Waals surface area contributed by atoms with Crippen molar-refractivity contribution in [3.8, 4) is 0 Å². The third-order valence-corrected chi connectivity index (χ3v) is 2.51. The molecule has 0 unspecified atom stereocenters. The van der Waals surface area contributed by atoms with Crippen LogP contribution in [0.2, 0.25) is 0 Å². The third kappa shape index (κ3) is 8.05. The smallest absolute Gasteiger partial charge is 0.0589 e. The predicted molar refractivity (Wildman–Crippen MR) is 65.7 cm³/mol. The minimum atomic E-state index is -0.0547. The van der Waals surface area contributed by atoms with Gasteiger partial charge in [-0.3, -0.25) is 0 Å². The third-order valence-electron chi connectivity index (χ3n) is 2.51. The van der Waals surface area contributed by atoms with Crippen LogP contribution in [0.1, 0.15) is 20.3 Å². The van der Waals surface area contributed by atoms with Crippen LogP contribution in [0.5, 0.6) is 0 Å². The Morgan fingerprint density at radius 1 is 1.06 bits per heavy atom. The lowest BCUT2D eigenvalue weighted by molar-refractivity contribution is 0.0755. The van der Waals surface area contributed by atoms with Crippen molar-refractivity contribution in [2.45, 2.75) is 20.3 Å². The van der Waals surface area contributed by atoms with Gasteiger partial charge in [0.05, 0.1) is 6.61 Å². The summed E-state index contributed by atoms with van der Waals surface area (Å²) in [5.74, 6) is 0. The van der Waals surface area contributed by atoms with Crippen molar-refractivity contribution in [2.75, 3.05) is 53.7 Å². The summed E-state index contributed by atoms with van der Waals surface area (Å²) < 4.78 is 10.1. The van der Waals surface area contributed by atoms with Crippen molar-refractivity contribution in [3.05, 3.63) is 0 Å². The fourth-order valence-corrected chi connectivity index (χ4v) is 1.58. The second kappa shape index (κ2) is 8.93. The Balaban J connectivity index is 3.98. The lowest BCUT2D eigenvalue weighted by Crippen LogP contribution is -2.39. The van der Waals surface area contributed by atoms with Gasteiger partial charge in [0.15, 0.2) is 0 Å². The van der Waals surface area contributed by atoms with Crippen LogP contribution in [-0.2, 0) is 9.47 Å². The molecule has 0 spiro atoms. The van der Waals surface area contributed by atoms with E-state index in [2.05, 4.69) is 18.7 Å². The van der Waals surface area contributed by atoms with Crippen LogP contribution in [0.25, 0.3) is 0 Å². The van der Waals surface area contributed by atoms with Crippen molar-refractivity contribution in [3.63, 3.8) is 0 Å². The average Bonchev–Trinajstić information content (AvgIpc) is 2.25. The van der Waals surface area contributed by atoms with Crippen LogP contribution in [0.4, 0.5) is 0 Å². The molecule has 1 N–H and O–H groups in total. The zero-order chi connectivity index (χ0) is 12.4. The van der Waals surface area contributed by atoms with Crippen LogP contribution in [0.3, 0.4) is 0 Å². The summed E-state index contributed by atoms with van der Waals surface area (Å²) in [6.45, 7) is 8.64. The summed E-state index contributed by atoms with van der Waals surface area (Å²) >= 11 is 0. The molecule has 0 atom stereocenters. The molecule has 0 aliphatic rings. The first-order valence-electron chi connectivity index (χ1n) is 5.87. The number of hydrogen-bond donors (Lipinski definition) is 1. The molecule has 4 nitrogen and oxygen atoms in total. The summed E-state index contributed by atoms with van der Waals surface area (Å²) in [6.07, 6.45) is 1.02. The van der Waals surface area contributed by atoms with Gasteiger partial charge in [0.1, 0.15) is 0 Å². The van der Waals surface area contributed by atoms with Crippen molar-refractivity contribution in [1.29, 1.82) is 0 Å². The Morgan fingerprint density at radius 2 is 1.69 bits per heavy atom. The quantitative estimate of drug-likeness (QED) is 0.571. The van der Waals surface area contributed by atoms with Crippen molar-refractivity contribution >= 4 is 0 Å². The number of aliphatic hydroxyl groups is 1. The van der Waals surface area contributed by atoms with Gasteiger partial charge in [0.25, 0.3) is 0 Å². The molecule has 0 aromatic rings. The number of nitrogens with zero attached hydrogens (tertiary/aromatic N) is 1. The lowest BCUT2D eigenvalue weighted by atomic mass is 9.94. The van der Waals surface area contributed by atoms with E-state index < -0.39 is 0 Å². The van der Waals surface area contributed by atoms with E-state index in [0.29, 0.717) is 0 Å². The number of hydrogen-bond acceptors (Lipinski definition) is 4. The molecule has 16 heavy (non-hydrogen) atoms. The van der Waals surface area contributed by atoms with Crippen molar-refractivity contribution in [2.24, 2.45) is 5.41 Å². The van der Waals surface area contributed by atoms with Gasteiger partial charge < -0.3 is 19.5 Å². The lowest BCUT2D eigenvalue weighted by Gasteiger charge is -2.31. The molecule has 0 bridgehead atoms. The maximum absolute atomic E-state index is 9.26. The van der Waals surface area contributed by atoms with E-state index >= 15 is 0 Å². The maximum atomic E-state index is 9.26. The zero-order valence-electron chi connectivity index (χ0n) is 11.2. The van der Waals surface area contributed by atoms with E-state index in [-0.39, 0.29) is 12.0 Å². The van der Waals surface area contributed by atoms with Gasteiger partial charge in [-0.15, -0.1) is 0 Å². The molecule has 0 aliphatic heterocycles. The summed E-state index contributed by atoms with van der Waals surface area (Å²) in [5, 5.41) is 9.26. The molecule has 0 fully saturated rings. The number of methoxy groups -OCH3 is 2. The minimum Gasteiger partial charge on any atom is -0.396 e. The molecule has 0 amide bonds. The topological polar surface area (TPSA) is 41.9 Å². The Morgan fingerprint density at radius 3 is 2.19 bits per heavy atom. The fraction of sp³-hybridized carbons (Fsp3) is 1.00. The Bertz CT molecular complexity index is 162. The van der Waals surface area contributed by atoms with Crippen molar-refractivity contribution in [1.82, 2.24) is 4.90 Å². The van der Waals surface area contributed by atoms with Crippen LogP contribution in [0.15, 0.2) is 0 Å². The van der Waals surface area contributed by atoms with E-state index in [4.69, 9.17) is 9.47 Å². The van der Waals surface area contributed by atoms with Gasteiger partial charge >= 0.3 is 0 Å². The van der Waals surface area contributed by atoms with E-state index in [9.17, 15) is 5.11 Å². The summed E-state index contributed by atoms with van der Waals surface area (Å²) in [4.78, 5) is 2.32. The largest absolute Gasteiger partial charge is 0.396 e. The standard InChI is InChI=1S/C12H27NO3/c1-12(2,11-14)10-13(7-9-16-4)6-5-8-15-3/h14H,5-11H2,1-4H3. The number of ether oxygens (including phenoxy) is 2. The number of aliphatic hydroxyl groups excluding tert-OH is 1. The molecule has 0 saturated carbocycles.